The number of aromatic hydroxyl groups is 1. The fourth-order valence-corrected chi connectivity index (χ4v) is 19.3. The Morgan fingerprint density at radius 2 is 0.729 bits per heavy atom. The van der Waals surface area contributed by atoms with Crippen molar-refractivity contribution < 1.29 is 57.4 Å². The Bertz CT molecular complexity index is 4890. The molecule has 6 aromatic carbocycles. The number of nitrogens with zero attached hydrogens (tertiary/aromatic N) is 4. The van der Waals surface area contributed by atoms with Gasteiger partial charge in [-0.25, -0.2) is 4.79 Å². The molecule has 3 saturated heterocycles. The van der Waals surface area contributed by atoms with Crippen molar-refractivity contribution in [3.63, 3.8) is 0 Å². The van der Waals surface area contributed by atoms with Crippen LogP contribution in [0.5, 0.6) is 34.5 Å². The third-order valence-corrected chi connectivity index (χ3v) is 26.0. The van der Waals surface area contributed by atoms with Gasteiger partial charge in [0.15, 0.2) is 6.79 Å². The Kier molecular flexibility index (Phi) is 41.4. The number of carbonyl (C=O) groups is 4. The van der Waals surface area contributed by atoms with Crippen LogP contribution >= 0.6 is 0 Å². The molecule has 3 spiro atoms. The second-order valence-electron chi connectivity index (χ2n) is 35.9. The lowest BCUT2D eigenvalue weighted by Crippen LogP contribution is -2.90. The number of piperidine rings is 3. The number of phenols is 1. The van der Waals surface area contributed by atoms with Crippen molar-refractivity contribution in [2.24, 2.45) is 0 Å². The third-order valence-electron chi connectivity index (χ3n) is 26.0. The molecular weight excluding hydrogens is 1620 g/mol. The number of likely N-dealkylation sites (tertiary alicyclic amines) is 1. The Labute approximate surface area is 823 Å². The van der Waals surface area contributed by atoms with Crippen molar-refractivity contribution in [3.8, 4) is 34.5 Å². The average Bonchev–Trinajstić information content (AvgIpc) is 0.897. The summed E-state index contributed by atoms with van der Waals surface area (Å²) in [5.74, 6) is 3.85. The summed E-state index contributed by atoms with van der Waals surface area (Å²) in [4.78, 5) is 58.4. The number of rotatable bonds is 32. The van der Waals surface area contributed by atoms with E-state index >= 15 is 0 Å². The van der Waals surface area contributed by atoms with Crippen LogP contribution in [0, 0.1) is 0 Å². The second-order valence-corrected chi connectivity index (χ2v) is 35.9. The first-order chi connectivity index (χ1) is 63.2. The van der Waals surface area contributed by atoms with Gasteiger partial charge in [-0.1, -0.05) is 54.6 Å². The van der Waals surface area contributed by atoms with Crippen LogP contribution in [0.4, 0.5) is 4.79 Å². The summed E-state index contributed by atoms with van der Waals surface area (Å²) in [5.41, 5.74) is 8.51. The first-order valence-electron chi connectivity index (χ1n) is 46.2. The molecule has 37 radical (unpaired) electrons. The van der Waals surface area contributed by atoms with Gasteiger partial charge in [-0.2, -0.15) is 0 Å². The molecule has 625 valence electrons. The Morgan fingerprint density at radius 3 is 1.05 bits per heavy atom. The highest BCUT2D eigenvalue weighted by atomic mass is 16.7. The molecule has 6 aliphatic heterocycles. The van der Waals surface area contributed by atoms with E-state index in [2.05, 4.69) is 34.9 Å². The van der Waals surface area contributed by atoms with Crippen LogP contribution in [-0.2, 0) is 9.47 Å². The van der Waals surface area contributed by atoms with Crippen molar-refractivity contribution in [1.82, 2.24) is 30.2 Å². The van der Waals surface area contributed by atoms with Crippen LogP contribution in [0.25, 0.3) is 16.7 Å². The number of phenolic OH excluding ortho intramolecular Hbond substituents is 1. The van der Waals surface area contributed by atoms with Crippen molar-refractivity contribution in [3.05, 3.63) is 196 Å². The normalized spacial score (nSPS) is 14.8. The Balaban J connectivity index is 0.000000200. The Morgan fingerprint density at radius 1 is 0.421 bits per heavy atom. The number of benzene rings is 6. The van der Waals surface area contributed by atoms with Crippen molar-refractivity contribution in [2.75, 3.05) is 99.5 Å². The fourth-order valence-electron chi connectivity index (χ4n) is 19.3. The maximum absolute atomic E-state index is 13.1. The zero-order valence-electron chi connectivity index (χ0n) is 79.2. The molecule has 3 N–H and O–H groups in total. The number of methoxy groups -OCH3 is 2. The van der Waals surface area contributed by atoms with Gasteiger partial charge < -0.3 is 68.5 Å². The summed E-state index contributed by atoms with van der Waals surface area (Å²) >= 11 is 0. The molecule has 133 heavy (non-hydrogen) atoms. The van der Waals surface area contributed by atoms with Crippen LogP contribution in [0.15, 0.2) is 146 Å². The van der Waals surface area contributed by atoms with Gasteiger partial charge in [-0.15, -0.1) is 0 Å². The molecule has 12 rings (SSSR count). The molecule has 0 atom stereocenters. The monoisotopic (exact) mass is 1720 g/mol. The number of hydrogen-bond donors (Lipinski definition) is 3. The highest BCUT2D eigenvalue weighted by Crippen LogP contribution is 2.49. The van der Waals surface area contributed by atoms with E-state index in [-0.39, 0.29) is 47.6 Å². The highest BCUT2D eigenvalue weighted by molar-refractivity contribution is 8.30. The number of amides is 4. The van der Waals surface area contributed by atoms with E-state index in [9.17, 15) is 24.3 Å². The molecule has 0 aliphatic carbocycles. The summed E-state index contributed by atoms with van der Waals surface area (Å²) in [6, 6.07) is 40.7. The molecular formula is C80H98B35N6O12. The van der Waals surface area contributed by atoms with Crippen LogP contribution in [-0.4, -0.2) is 419 Å². The van der Waals surface area contributed by atoms with E-state index in [1.807, 2.05) is 176 Å². The lowest BCUT2D eigenvalue weighted by Gasteiger charge is -2.52. The first-order valence-corrected chi connectivity index (χ1v) is 46.2. The van der Waals surface area contributed by atoms with Gasteiger partial charge in [0.2, 0.25) is 0 Å². The molecule has 6 aromatic rings. The van der Waals surface area contributed by atoms with Gasteiger partial charge in [0.05, 0.1) is 7.11 Å². The summed E-state index contributed by atoms with van der Waals surface area (Å²) < 4.78 is 42.1. The molecule has 6 heterocycles. The van der Waals surface area contributed by atoms with E-state index in [1.165, 1.54) is 7.06 Å². The quantitative estimate of drug-likeness (QED) is 0.0388. The maximum Gasteiger partial charge on any atom is 0.410 e. The zero-order valence-corrected chi connectivity index (χ0v) is 79.2. The largest absolute Gasteiger partial charge is 0.507 e. The SMILES string of the molecule is CCN(CC)C(=O)c1ccc(C2=CC3(CCN(C(=O)OC(C)(C)C)CC3)Oc3ccccc32)c(OCOC)c1.CCN(CC)C(=O)c1ccc(C2=CC3(CCNCC3)Oc3ccccc32)c(O)c1.CCN(CC)C(=O)c1ccc(C2=CC3(CCNCC3)Oc3ccccc32)c(OC)c1.[B][B]B([B])B(B(B([B])[B])B([B])[B])B(B(B([B])[B])B([B])[B])B(B(B([B])[B])B([B])[B])B(B([B])[B])B([B])[B]. The third kappa shape index (κ3) is 27.2. The van der Waals surface area contributed by atoms with Gasteiger partial charge in [-0.3, -0.25) is 14.4 Å². The van der Waals surface area contributed by atoms with Gasteiger partial charge >= 0.3 is 6.09 Å². The lowest BCUT2D eigenvalue weighted by molar-refractivity contribution is -0.00122. The standard InChI is InChI=1S/C31H40N2O6.C25H30N2O3.C24H28N2O3.B35/c1-7-32(8-2)28(34)22-13-14-24(27(19-22)37-21-36-6)25-20-31(38-26-12-10-9-11-23(25)26)15-17-33(18-16-31)29(35)39-30(3,4)5;1-4-27(5-2)24(28)18-10-11-20(23(16-18)29-3)21-17-25(12-14-26-15-13-25)30-22-9-7-6-8-19(21)22;1-3-26(4-2)23(28)17-9-10-18(21(27)15-17)20-16-24(11-13-25-14-12-24)29-22-8-6-5-7-19(20)22;1-19-28(18)33(29(20(2)3)21(4)5)35(32(26(14)15)27(16)17)34(30(22(6)7)23(8)9)31(24(10)11)25(12)13/h9-14,19-20H,7-8,15-18,21H2,1-6H3;6-11,16-17,26H,4-5,12-15H2,1-3H3;5-10,15-16,25,27H,3-4,11-14H2,1-2H3;. The average molecular weight is 1710 g/mol. The van der Waals surface area contributed by atoms with Gasteiger partial charge in [0.25, 0.3) is 17.7 Å². The van der Waals surface area contributed by atoms with Crippen molar-refractivity contribution in [2.45, 2.75) is 123 Å². The first kappa shape index (κ1) is 110. The van der Waals surface area contributed by atoms with E-state index in [0.717, 1.165) is 119 Å². The van der Waals surface area contributed by atoms with E-state index in [0.29, 0.717) is 93.4 Å². The van der Waals surface area contributed by atoms with Crippen LogP contribution < -0.4 is 34.3 Å². The van der Waals surface area contributed by atoms with Crippen molar-refractivity contribution >= 4 is 289 Å². The van der Waals surface area contributed by atoms with Crippen LogP contribution in [0.3, 0.4) is 0 Å². The number of nitrogens with one attached hydrogen (secondary N) is 2. The van der Waals surface area contributed by atoms with Crippen molar-refractivity contribution in [1.29, 1.82) is 0 Å². The molecule has 0 unspecified atom stereocenters. The van der Waals surface area contributed by atoms with Gasteiger partial charge in [0, 0.05) is 397 Å². The minimum atomic E-state index is -1.13. The molecule has 0 saturated carbocycles. The Hall–Kier alpha value is -6.83. The van der Waals surface area contributed by atoms with Gasteiger partial charge in [0.1, 0.15) is 56.9 Å². The van der Waals surface area contributed by atoms with Crippen LogP contribution in [0.2, 0.25) is 0 Å². The molecule has 4 amide bonds. The van der Waals surface area contributed by atoms with Crippen LogP contribution in [0.1, 0.15) is 165 Å². The molecule has 0 bridgehead atoms. The minimum Gasteiger partial charge on any atom is -0.507 e. The highest BCUT2D eigenvalue weighted by Gasteiger charge is 2.55. The number of fused-ring (bicyclic) bond motifs is 3. The summed E-state index contributed by atoms with van der Waals surface area (Å²) in [6.45, 7) is 26.1. The molecule has 18 nitrogen and oxygen atoms in total. The number of ether oxygens (including phenoxy) is 7. The molecule has 53 heteroatoms. The maximum atomic E-state index is 13.1. The number of hydrogen-bond acceptors (Lipinski definition) is 14. The molecule has 6 aliphatic rings. The second kappa shape index (κ2) is 50.2. The molecule has 3 fully saturated rings. The van der Waals surface area contributed by atoms with E-state index in [4.69, 9.17) is 172 Å². The molecule has 0 aromatic heterocycles. The van der Waals surface area contributed by atoms with E-state index in [1.54, 1.807) is 41.1 Å². The zero-order chi connectivity index (χ0) is 97.7. The predicted molar refractivity (Wildman–Crippen MR) is 585 cm³/mol. The number of carbonyl (C=O) groups excluding carboxylic acids is 4. The fraction of sp³-hybridized carbons (Fsp3) is 0.425. The smallest absolute Gasteiger partial charge is 0.410 e. The summed E-state index contributed by atoms with van der Waals surface area (Å²) in [6.07, 6.45) is -5.25. The summed E-state index contributed by atoms with van der Waals surface area (Å²) in [7, 11) is 115. The minimum absolute atomic E-state index is 0.0287. The van der Waals surface area contributed by atoms with Gasteiger partial charge in [-0.05, 0) is 196 Å². The predicted octanol–water partition coefficient (Wildman–Crippen LogP) is 0.361. The number of para-hydroxylation sites is 3. The lowest BCUT2D eigenvalue weighted by atomic mass is 8.29. The topological polar surface area (TPSA) is 190 Å². The van der Waals surface area contributed by atoms with E-state index < -0.39 is 113 Å². The summed E-state index contributed by atoms with van der Waals surface area (Å²) in [5, 5.41) is 17.7.